The molecule has 22 heavy (non-hydrogen) atoms. The number of carbonyl (C=O) groups is 2. The van der Waals surface area contributed by atoms with Crippen molar-refractivity contribution in [2.45, 2.75) is 13.8 Å². The van der Waals surface area contributed by atoms with E-state index in [9.17, 15) is 9.59 Å². The third-order valence-corrected chi connectivity index (χ3v) is 3.86. The molecular weight excluding hydrogens is 298 g/mol. The van der Waals surface area contributed by atoms with E-state index in [-0.39, 0.29) is 12.5 Å². The first kappa shape index (κ1) is 16.0. The second kappa shape index (κ2) is 7.56. The van der Waals surface area contributed by atoms with Crippen molar-refractivity contribution in [2.24, 2.45) is 0 Å². The molecule has 0 fully saturated rings. The summed E-state index contributed by atoms with van der Waals surface area (Å²) in [5, 5.41) is 4.68. The molecule has 114 valence electrons. The Morgan fingerprint density at radius 1 is 1.18 bits per heavy atom. The first-order valence-electron chi connectivity index (χ1n) is 6.80. The van der Waals surface area contributed by atoms with Crippen LogP contribution in [-0.2, 0) is 14.3 Å². The van der Waals surface area contributed by atoms with Gasteiger partial charge in [-0.25, -0.2) is 4.79 Å². The molecule has 1 aromatic carbocycles. The Morgan fingerprint density at radius 3 is 2.55 bits per heavy atom. The average Bonchev–Trinajstić information content (AvgIpc) is 3.00. The fraction of sp³-hybridized carbons (Fsp3) is 0.176. The summed E-state index contributed by atoms with van der Waals surface area (Å²) in [7, 11) is 0. The van der Waals surface area contributed by atoms with E-state index < -0.39 is 5.97 Å². The molecule has 0 radical (unpaired) electrons. The van der Waals surface area contributed by atoms with Gasteiger partial charge in [-0.05, 0) is 42.5 Å². The molecule has 0 unspecified atom stereocenters. The Balaban J connectivity index is 1.84. The molecule has 1 aromatic heterocycles. The third-order valence-electron chi connectivity index (χ3n) is 3.02. The van der Waals surface area contributed by atoms with E-state index in [0.717, 1.165) is 21.7 Å². The summed E-state index contributed by atoms with van der Waals surface area (Å²) in [6.07, 6.45) is 2.98. The lowest BCUT2D eigenvalue weighted by Gasteiger charge is -2.11. The summed E-state index contributed by atoms with van der Waals surface area (Å²) in [5.74, 6) is -0.889. The lowest BCUT2D eigenvalue weighted by Crippen LogP contribution is -2.21. The smallest absolute Gasteiger partial charge is 0.331 e. The minimum atomic E-state index is -0.537. The second-order valence-electron chi connectivity index (χ2n) is 4.77. The number of ether oxygens (including phenoxy) is 1. The summed E-state index contributed by atoms with van der Waals surface area (Å²) >= 11 is 1.52. The van der Waals surface area contributed by atoms with Gasteiger partial charge < -0.3 is 10.1 Å². The van der Waals surface area contributed by atoms with Crippen LogP contribution in [0.5, 0.6) is 0 Å². The van der Waals surface area contributed by atoms with Crippen LogP contribution in [0.2, 0.25) is 0 Å². The molecule has 1 N–H and O–H groups in total. The summed E-state index contributed by atoms with van der Waals surface area (Å²) < 4.78 is 4.92. The number of nitrogens with one attached hydrogen (secondary N) is 1. The molecule has 5 heteroatoms. The molecule has 0 saturated heterocycles. The number of anilines is 1. The van der Waals surface area contributed by atoms with Crippen molar-refractivity contribution in [2.75, 3.05) is 11.9 Å². The maximum absolute atomic E-state index is 11.8. The van der Waals surface area contributed by atoms with E-state index in [1.165, 1.54) is 17.4 Å². The van der Waals surface area contributed by atoms with Crippen LogP contribution in [0.25, 0.3) is 6.08 Å². The van der Waals surface area contributed by atoms with Crippen molar-refractivity contribution < 1.29 is 14.3 Å². The summed E-state index contributed by atoms with van der Waals surface area (Å²) in [6, 6.07) is 9.54. The number of amides is 1. The van der Waals surface area contributed by atoms with Gasteiger partial charge in [0.2, 0.25) is 0 Å². The highest BCUT2D eigenvalue weighted by Gasteiger charge is 2.09. The van der Waals surface area contributed by atoms with Crippen molar-refractivity contribution in [3.05, 3.63) is 57.8 Å². The highest BCUT2D eigenvalue weighted by atomic mass is 32.1. The van der Waals surface area contributed by atoms with Crippen LogP contribution in [-0.4, -0.2) is 18.5 Å². The summed E-state index contributed by atoms with van der Waals surface area (Å²) in [6.45, 7) is 3.53. The highest BCUT2D eigenvalue weighted by Crippen LogP contribution is 2.19. The SMILES string of the molecule is Cc1cccc(C)c1NC(=O)COC(=O)/C=C/c1cccs1. The van der Waals surface area contributed by atoms with Crippen LogP contribution in [0, 0.1) is 13.8 Å². The van der Waals surface area contributed by atoms with E-state index in [4.69, 9.17) is 4.74 Å². The number of carbonyl (C=O) groups excluding carboxylic acids is 2. The van der Waals surface area contributed by atoms with E-state index in [2.05, 4.69) is 5.32 Å². The van der Waals surface area contributed by atoms with Gasteiger partial charge in [-0.3, -0.25) is 4.79 Å². The predicted molar refractivity (Wildman–Crippen MR) is 88.9 cm³/mol. The fourth-order valence-electron chi connectivity index (χ4n) is 1.91. The van der Waals surface area contributed by atoms with Crippen LogP contribution < -0.4 is 5.32 Å². The van der Waals surface area contributed by atoms with Crippen LogP contribution in [0.1, 0.15) is 16.0 Å². The Hall–Kier alpha value is -2.40. The van der Waals surface area contributed by atoms with Crippen LogP contribution in [0.15, 0.2) is 41.8 Å². The molecule has 1 amide bonds. The monoisotopic (exact) mass is 315 g/mol. The number of esters is 1. The maximum atomic E-state index is 11.8. The molecule has 2 rings (SSSR count). The zero-order valence-corrected chi connectivity index (χ0v) is 13.3. The van der Waals surface area contributed by atoms with Gasteiger partial charge in [-0.2, -0.15) is 0 Å². The summed E-state index contributed by atoms with van der Waals surface area (Å²) in [5.41, 5.74) is 2.70. The number of benzene rings is 1. The van der Waals surface area contributed by atoms with Crippen molar-refractivity contribution in [1.82, 2.24) is 0 Å². The van der Waals surface area contributed by atoms with Crippen molar-refractivity contribution in [3.8, 4) is 0 Å². The molecule has 0 aliphatic rings. The lowest BCUT2D eigenvalue weighted by molar-refractivity contribution is -0.142. The lowest BCUT2D eigenvalue weighted by atomic mass is 10.1. The number of thiophene rings is 1. The van der Waals surface area contributed by atoms with Crippen LogP contribution in [0.3, 0.4) is 0 Å². The maximum Gasteiger partial charge on any atom is 0.331 e. The topological polar surface area (TPSA) is 55.4 Å². The van der Waals surface area contributed by atoms with Gasteiger partial charge in [-0.15, -0.1) is 11.3 Å². The fourth-order valence-corrected chi connectivity index (χ4v) is 2.53. The molecule has 1 heterocycles. The molecule has 0 bridgehead atoms. The molecule has 4 nitrogen and oxygen atoms in total. The molecule has 0 aliphatic heterocycles. The van der Waals surface area contributed by atoms with Gasteiger partial charge in [0.1, 0.15) is 0 Å². The van der Waals surface area contributed by atoms with Crippen LogP contribution >= 0.6 is 11.3 Å². The van der Waals surface area contributed by atoms with Gasteiger partial charge >= 0.3 is 5.97 Å². The van der Waals surface area contributed by atoms with Crippen molar-refractivity contribution in [1.29, 1.82) is 0 Å². The van der Waals surface area contributed by atoms with Gasteiger partial charge in [0, 0.05) is 16.6 Å². The van der Waals surface area contributed by atoms with E-state index in [1.54, 1.807) is 6.08 Å². The second-order valence-corrected chi connectivity index (χ2v) is 5.75. The molecule has 2 aromatic rings. The largest absolute Gasteiger partial charge is 0.452 e. The Morgan fingerprint density at radius 2 is 1.91 bits per heavy atom. The average molecular weight is 315 g/mol. The number of rotatable bonds is 5. The van der Waals surface area contributed by atoms with Gasteiger partial charge in [-0.1, -0.05) is 24.3 Å². The Kier molecular flexibility index (Phi) is 5.49. The van der Waals surface area contributed by atoms with Crippen molar-refractivity contribution in [3.63, 3.8) is 0 Å². The molecule has 0 aliphatic carbocycles. The standard InChI is InChI=1S/C17H17NO3S/c1-12-5-3-6-13(2)17(12)18-15(19)11-21-16(20)9-8-14-7-4-10-22-14/h3-10H,11H2,1-2H3,(H,18,19)/b9-8+. The number of hydrogen-bond acceptors (Lipinski definition) is 4. The quantitative estimate of drug-likeness (QED) is 0.678. The van der Waals surface area contributed by atoms with E-state index >= 15 is 0 Å². The van der Waals surface area contributed by atoms with Gasteiger partial charge in [0.25, 0.3) is 5.91 Å². The third kappa shape index (κ3) is 4.56. The zero-order chi connectivity index (χ0) is 15.9. The molecule has 0 spiro atoms. The van der Waals surface area contributed by atoms with E-state index in [0.29, 0.717) is 0 Å². The van der Waals surface area contributed by atoms with E-state index in [1.807, 2.05) is 49.6 Å². The highest BCUT2D eigenvalue weighted by molar-refractivity contribution is 7.10. The van der Waals surface area contributed by atoms with Crippen molar-refractivity contribution >= 4 is 35.0 Å². The Labute approximate surface area is 133 Å². The number of aryl methyl sites for hydroxylation is 2. The number of hydrogen-bond donors (Lipinski definition) is 1. The van der Waals surface area contributed by atoms with Gasteiger partial charge in [0.05, 0.1) is 0 Å². The normalized spacial score (nSPS) is 10.6. The minimum absolute atomic E-state index is 0.304. The first-order valence-corrected chi connectivity index (χ1v) is 7.68. The zero-order valence-electron chi connectivity index (χ0n) is 12.5. The van der Waals surface area contributed by atoms with Gasteiger partial charge in [0.15, 0.2) is 6.61 Å². The predicted octanol–water partition coefficient (Wildman–Crippen LogP) is 3.56. The van der Waals surface area contributed by atoms with Crippen LogP contribution in [0.4, 0.5) is 5.69 Å². The first-order chi connectivity index (χ1) is 10.6. The molecule has 0 saturated carbocycles. The molecule has 0 atom stereocenters. The minimum Gasteiger partial charge on any atom is -0.452 e. The number of para-hydroxylation sites is 1. The Bertz CT molecular complexity index is 670. The molecular formula is C17H17NO3S. The summed E-state index contributed by atoms with van der Waals surface area (Å²) in [4.78, 5) is 24.3.